The fraction of sp³-hybridized carbons (Fsp3) is 0.200. The predicted octanol–water partition coefficient (Wildman–Crippen LogP) is 4.49. The molecule has 24 heavy (non-hydrogen) atoms. The number of nitrogens with zero attached hydrogens (tertiary/aromatic N) is 3. The van der Waals surface area contributed by atoms with E-state index in [9.17, 15) is 0 Å². The largest absolute Gasteiger partial charge is 0.341 e. The highest BCUT2D eigenvalue weighted by Gasteiger charge is 2.17. The predicted molar refractivity (Wildman–Crippen MR) is 98.6 cm³/mol. The number of rotatable bonds is 4. The van der Waals surface area contributed by atoms with Gasteiger partial charge in [-0.05, 0) is 25.0 Å². The molecule has 120 valence electrons. The van der Waals surface area contributed by atoms with Crippen molar-refractivity contribution in [2.24, 2.45) is 0 Å². The molecule has 4 rings (SSSR count). The Bertz CT molecular complexity index is 796. The van der Waals surface area contributed by atoms with E-state index in [4.69, 9.17) is 9.97 Å². The van der Waals surface area contributed by atoms with Gasteiger partial charge in [0.25, 0.3) is 0 Å². The van der Waals surface area contributed by atoms with Crippen LogP contribution in [-0.4, -0.2) is 23.1 Å². The number of anilines is 3. The van der Waals surface area contributed by atoms with Crippen LogP contribution in [-0.2, 0) is 0 Å². The van der Waals surface area contributed by atoms with Gasteiger partial charge in [0.15, 0.2) is 0 Å². The first-order valence-electron chi connectivity index (χ1n) is 8.40. The Morgan fingerprint density at radius 1 is 0.792 bits per heavy atom. The van der Waals surface area contributed by atoms with E-state index in [1.165, 1.54) is 12.8 Å². The van der Waals surface area contributed by atoms with E-state index in [1.807, 2.05) is 54.6 Å². The average Bonchev–Trinajstić information content (AvgIpc) is 3.18. The first-order valence-corrected chi connectivity index (χ1v) is 8.40. The third kappa shape index (κ3) is 3.23. The molecule has 4 heteroatoms. The van der Waals surface area contributed by atoms with Gasteiger partial charge in [-0.25, -0.2) is 4.98 Å². The van der Waals surface area contributed by atoms with Gasteiger partial charge in [0.1, 0.15) is 5.82 Å². The maximum atomic E-state index is 4.80. The van der Waals surface area contributed by atoms with Gasteiger partial charge in [0.05, 0.1) is 5.69 Å². The number of hydrogen-bond donors (Lipinski definition) is 1. The van der Waals surface area contributed by atoms with E-state index in [-0.39, 0.29) is 0 Å². The molecule has 0 saturated carbocycles. The van der Waals surface area contributed by atoms with Crippen molar-refractivity contribution in [3.63, 3.8) is 0 Å². The number of benzene rings is 2. The zero-order valence-corrected chi connectivity index (χ0v) is 13.5. The summed E-state index contributed by atoms with van der Waals surface area (Å²) in [4.78, 5) is 11.8. The molecule has 1 N–H and O–H groups in total. The Morgan fingerprint density at radius 3 is 2.17 bits per heavy atom. The summed E-state index contributed by atoms with van der Waals surface area (Å²) >= 11 is 0. The van der Waals surface area contributed by atoms with Gasteiger partial charge >= 0.3 is 0 Å². The smallest absolute Gasteiger partial charge is 0.227 e. The number of aromatic nitrogens is 2. The van der Waals surface area contributed by atoms with Gasteiger partial charge in [-0.1, -0.05) is 48.5 Å². The minimum Gasteiger partial charge on any atom is -0.341 e. The molecule has 1 saturated heterocycles. The van der Waals surface area contributed by atoms with E-state index in [0.717, 1.165) is 41.8 Å². The summed E-state index contributed by atoms with van der Waals surface area (Å²) in [6.45, 7) is 2.06. The second kappa shape index (κ2) is 6.71. The summed E-state index contributed by atoms with van der Waals surface area (Å²) < 4.78 is 0. The van der Waals surface area contributed by atoms with Gasteiger partial charge in [-0.15, -0.1) is 0 Å². The molecule has 3 aromatic rings. The second-order valence-electron chi connectivity index (χ2n) is 5.99. The summed E-state index contributed by atoms with van der Waals surface area (Å²) in [6, 6.07) is 22.4. The van der Waals surface area contributed by atoms with Crippen molar-refractivity contribution in [2.75, 3.05) is 23.3 Å². The normalized spacial score (nSPS) is 13.9. The first-order chi connectivity index (χ1) is 11.9. The van der Waals surface area contributed by atoms with Crippen molar-refractivity contribution in [3.05, 3.63) is 66.7 Å². The lowest BCUT2D eigenvalue weighted by atomic mass is 10.1. The highest BCUT2D eigenvalue weighted by Crippen LogP contribution is 2.26. The molecule has 4 nitrogen and oxygen atoms in total. The van der Waals surface area contributed by atoms with Crippen LogP contribution in [0.15, 0.2) is 66.7 Å². The molecule has 0 amide bonds. The second-order valence-corrected chi connectivity index (χ2v) is 5.99. The van der Waals surface area contributed by atoms with Crippen molar-refractivity contribution in [2.45, 2.75) is 12.8 Å². The van der Waals surface area contributed by atoms with Gasteiger partial charge in [0, 0.05) is 30.4 Å². The third-order valence-electron chi connectivity index (χ3n) is 4.22. The summed E-state index contributed by atoms with van der Waals surface area (Å²) in [5, 5.41) is 3.40. The van der Waals surface area contributed by atoms with E-state index in [1.54, 1.807) is 0 Å². The summed E-state index contributed by atoms with van der Waals surface area (Å²) in [7, 11) is 0. The fourth-order valence-corrected chi connectivity index (χ4v) is 2.98. The van der Waals surface area contributed by atoms with Crippen LogP contribution in [0.3, 0.4) is 0 Å². The zero-order valence-electron chi connectivity index (χ0n) is 13.5. The fourth-order valence-electron chi connectivity index (χ4n) is 2.98. The first kappa shape index (κ1) is 14.7. The summed E-state index contributed by atoms with van der Waals surface area (Å²) in [5.41, 5.74) is 3.09. The Kier molecular flexibility index (Phi) is 4.11. The maximum Gasteiger partial charge on any atom is 0.227 e. The van der Waals surface area contributed by atoms with Gasteiger partial charge in [-0.2, -0.15) is 4.98 Å². The molecular formula is C20H20N4. The number of hydrogen-bond acceptors (Lipinski definition) is 4. The van der Waals surface area contributed by atoms with Crippen molar-refractivity contribution >= 4 is 17.5 Å². The van der Waals surface area contributed by atoms with Gasteiger partial charge in [-0.3, -0.25) is 0 Å². The molecule has 1 fully saturated rings. The van der Waals surface area contributed by atoms with Crippen molar-refractivity contribution in [3.8, 4) is 11.3 Å². The number of nitrogens with one attached hydrogen (secondary N) is 1. The molecule has 0 radical (unpaired) electrons. The molecule has 1 aliphatic rings. The Labute approximate surface area is 142 Å². The molecule has 1 aliphatic heterocycles. The summed E-state index contributed by atoms with van der Waals surface area (Å²) in [5.74, 6) is 1.64. The minimum atomic E-state index is 0.812. The van der Waals surface area contributed by atoms with Crippen LogP contribution < -0.4 is 10.2 Å². The molecule has 0 unspecified atom stereocenters. The lowest BCUT2D eigenvalue weighted by Crippen LogP contribution is -2.21. The quantitative estimate of drug-likeness (QED) is 0.770. The van der Waals surface area contributed by atoms with Crippen LogP contribution in [0.25, 0.3) is 11.3 Å². The standard InChI is InChI=1S/C20H20N4/c1-3-9-16(10-4-1)18-15-19(21-17-11-5-2-6-12-17)23-20(22-18)24-13-7-8-14-24/h1-6,9-12,15H,7-8,13-14H2,(H,21,22,23). The van der Waals surface area contributed by atoms with Crippen LogP contribution in [0, 0.1) is 0 Å². The topological polar surface area (TPSA) is 41.1 Å². The zero-order chi connectivity index (χ0) is 16.2. The van der Waals surface area contributed by atoms with Gasteiger partial charge in [0.2, 0.25) is 5.95 Å². The molecule has 1 aromatic heterocycles. The third-order valence-corrected chi connectivity index (χ3v) is 4.22. The molecule has 0 spiro atoms. The van der Waals surface area contributed by atoms with Crippen LogP contribution in [0.4, 0.5) is 17.5 Å². The molecule has 2 aromatic carbocycles. The molecule has 0 atom stereocenters. The average molecular weight is 316 g/mol. The monoisotopic (exact) mass is 316 g/mol. The van der Waals surface area contributed by atoms with Crippen LogP contribution >= 0.6 is 0 Å². The van der Waals surface area contributed by atoms with E-state index >= 15 is 0 Å². The molecular weight excluding hydrogens is 296 g/mol. The van der Waals surface area contributed by atoms with Crippen LogP contribution in [0.2, 0.25) is 0 Å². The number of para-hydroxylation sites is 1. The Hall–Kier alpha value is -2.88. The maximum absolute atomic E-state index is 4.80. The van der Waals surface area contributed by atoms with Gasteiger partial charge < -0.3 is 10.2 Å². The van der Waals surface area contributed by atoms with Crippen LogP contribution in [0.5, 0.6) is 0 Å². The highest BCUT2D eigenvalue weighted by molar-refractivity contribution is 5.67. The minimum absolute atomic E-state index is 0.812. The lowest BCUT2D eigenvalue weighted by Gasteiger charge is -2.18. The lowest BCUT2D eigenvalue weighted by molar-refractivity contribution is 0.902. The molecule has 0 aliphatic carbocycles. The van der Waals surface area contributed by atoms with Crippen LogP contribution in [0.1, 0.15) is 12.8 Å². The van der Waals surface area contributed by atoms with E-state index in [0.29, 0.717) is 0 Å². The highest BCUT2D eigenvalue weighted by atomic mass is 15.3. The molecule has 0 bridgehead atoms. The Morgan fingerprint density at radius 2 is 1.46 bits per heavy atom. The van der Waals surface area contributed by atoms with E-state index in [2.05, 4.69) is 22.3 Å². The van der Waals surface area contributed by atoms with Crippen molar-refractivity contribution < 1.29 is 0 Å². The van der Waals surface area contributed by atoms with Crippen molar-refractivity contribution in [1.29, 1.82) is 0 Å². The van der Waals surface area contributed by atoms with Crippen molar-refractivity contribution in [1.82, 2.24) is 9.97 Å². The van der Waals surface area contributed by atoms with E-state index < -0.39 is 0 Å². The summed E-state index contributed by atoms with van der Waals surface area (Å²) in [6.07, 6.45) is 2.42. The SMILES string of the molecule is c1ccc(Nc2cc(-c3ccccc3)nc(N3CCCC3)n2)cc1. The molecule has 2 heterocycles. The Balaban J connectivity index is 1.73.